The highest BCUT2D eigenvalue weighted by atomic mass is 19.4. The van der Waals surface area contributed by atoms with Crippen LogP contribution >= 0.6 is 0 Å². The van der Waals surface area contributed by atoms with Crippen LogP contribution in [0.5, 0.6) is 0 Å². The Bertz CT molecular complexity index is 94.3. The number of aliphatic hydroxyl groups is 1. The number of rotatable bonds is 6. The fraction of sp³-hybridized carbons (Fsp3) is 1.00. The van der Waals surface area contributed by atoms with E-state index in [-0.39, 0.29) is 13.0 Å². The van der Waals surface area contributed by atoms with Crippen LogP contribution in [0.2, 0.25) is 6.32 Å². The fourth-order valence-corrected chi connectivity index (χ4v) is 0.841. The predicted molar refractivity (Wildman–Crippen MR) is 39.4 cm³/mol. The maximum absolute atomic E-state index is 11.6. The minimum atomic E-state index is -4.58. The lowest BCUT2D eigenvalue weighted by Gasteiger charge is -2.12. The Morgan fingerprint density at radius 1 is 0.909 bits per heavy atom. The summed E-state index contributed by atoms with van der Waals surface area (Å²) in [6.45, 7) is -4.50. The maximum Gasteiger partial charge on any atom is 0.478 e. The van der Waals surface area contributed by atoms with Crippen LogP contribution in [-0.4, -0.2) is 18.7 Å². The Morgan fingerprint density at radius 2 is 1.45 bits per heavy atom. The van der Waals surface area contributed by atoms with Gasteiger partial charge in [-0.05, 0) is 6.42 Å². The summed E-state index contributed by atoms with van der Waals surface area (Å²) < 4.78 is 34.7. The first-order chi connectivity index (χ1) is 5.06. The first-order valence-electron chi connectivity index (χ1n) is 3.88. The second-order valence-corrected chi connectivity index (χ2v) is 2.64. The average Bonchev–Trinajstić information content (AvgIpc) is 1.85. The molecular weight excluding hydrogens is 156 g/mol. The third-order valence-corrected chi connectivity index (χ3v) is 1.44. The summed E-state index contributed by atoms with van der Waals surface area (Å²) in [7, 11) is 0. The van der Waals surface area contributed by atoms with Gasteiger partial charge in [-0.2, -0.15) is 0 Å². The summed E-state index contributed by atoms with van der Waals surface area (Å²) >= 11 is 0. The minimum Gasteiger partial charge on any atom is -0.449 e. The van der Waals surface area contributed by atoms with Crippen molar-refractivity contribution in [3.8, 4) is 0 Å². The molecule has 0 saturated heterocycles. The first-order valence-corrected chi connectivity index (χ1v) is 3.88. The molecule has 0 bridgehead atoms. The molecule has 0 saturated carbocycles. The minimum absolute atomic E-state index is 0.0805. The van der Waals surface area contributed by atoms with Crippen LogP contribution in [0.15, 0.2) is 0 Å². The molecule has 0 atom stereocenters. The van der Waals surface area contributed by atoms with E-state index in [2.05, 4.69) is 0 Å². The summed E-state index contributed by atoms with van der Waals surface area (Å²) in [6.07, 6.45) is 1.46. The topological polar surface area (TPSA) is 20.2 Å². The standard InChI is InChI=1S/C6H13BF3O/c8-7(9,10)5-3-1-2-4-6-11/h11H,1-6H2/q-1. The van der Waals surface area contributed by atoms with Crippen LogP contribution in [0.1, 0.15) is 25.7 Å². The number of hydrogen-bond donors (Lipinski definition) is 1. The molecule has 0 aliphatic rings. The molecule has 0 aliphatic carbocycles. The lowest BCUT2D eigenvalue weighted by atomic mass is 9.83. The Kier molecular flexibility index (Phi) is 5.37. The Balaban J connectivity index is 3.02. The Hall–Kier alpha value is -0.185. The quantitative estimate of drug-likeness (QED) is 0.478. The van der Waals surface area contributed by atoms with E-state index in [0.717, 1.165) is 0 Å². The van der Waals surface area contributed by atoms with Gasteiger partial charge >= 0.3 is 6.98 Å². The second-order valence-electron chi connectivity index (χ2n) is 2.64. The number of unbranched alkanes of at least 4 members (excludes halogenated alkanes) is 3. The summed E-state index contributed by atoms with van der Waals surface area (Å²) in [5, 5.41) is 8.31. The zero-order chi connectivity index (χ0) is 8.74. The van der Waals surface area contributed by atoms with Gasteiger partial charge in [0.2, 0.25) is 0 Å². The summed E-state index contributed by atoms with van der Waals surface area (Å²) in [6, 6.07) is 0. The van der Waals surface area contributed by atoms with Gasteiger partial charge in [-0.25, -0.2) is 0 Å². The zero-order valence-corrected chi connectivity index (χ0v) is 6.40. The van der Waals surface area contributed by atoms with Crippen LogP contribution in [0.3, 0.4) is 0 Å². The highest BCUT2D eigenvalue weighted by Gasteiger charge is 2.20. The lowest BCUT2D eigenvalue weighted by molar-refractivity contribution is 0.282. The van der Waals surface area contributed by atoms with Crippen molar-refractivity contribution in [2.75, 3.05) is 6.61 Å². The van der Waals surface area contributed by atoms with Crippen molar-refractivity contribution in [1.29, 1.82) is 0 Å². The zero-order valence-electron chi connectivity index (χ0n) is 6.40. The molecule has 68 valence electrons. The summed E-state index contributed by atoms with van der Waals surface area (Å²) in [4.78, 5) is 0. The van der Waals surface area contributed by atoms with E-state index in [4.69, 9.17) is 5.11 Å². The molecule has 0 fully saturated rings. The molecule has 0 spiro atoms. The van der Waals surface area contributed by atoms with E-state index in [9.17, 15) is 12.9 Å². The van der Waals surface area contributed by atoms with E-state index < -0.39 is 13.3 Å². The molecule has 0 aromatic rings. The monoisotopic (exact) mass is 169 g/mol. The highest BCUT2D eigenvalue weighted by Crippen LogP contribution is 2.18. The van der Waals surface area contributed by atoms with Crippen molar-refractivity contribution in [2.45, 2.75) is 32.0 Å². The van der Waals surface area contributed by atoms with Crippen LogP contribution in [0.4, 0.5) is 12.9 Å². The van der Waals surface area contributed by atoms with Crippen molar-refractivity contribution in [2.24, 2.45) is 0 Å². The molecular formula is C6H13BF3O-. The van der Waals surface area contributed by atoms with Crippen molar-refractivity contribution in [3.63, 3.8) is 0 Å². The van der Waals surface area contributed by atoms with Gasteiger partial charge in [0.25, 0.3) is 0 Å². The third-order valence-electron chi connectivity index (χ3n) is 1.44. The van der Waals surface area contributed by atoms with Crippen molar-refractivity contribution in [1.82, 2.24) is 0 Å². The predicted octanol–water partition coefficient (Wildman–Crippen LogP) is 2.39. The Labute approximate surface area is 64.7 Å². The number of halogens is 3. The fourth-order valence-electron chi connectivity index (χ4n) is 0.841. The van der Waals surface area contributed by atoms with Gasteiger partial charge in [0.05, 0.1) is 0 Å². The molecule has 0 aliphatic heterocycles. The summed E-state index contributed by atoms with van der Waals surface area (Å²) in [5.74, 6) is 0. The van der Waals surface area contributed by atoms with E-state index in [1.165, 1.54) is 0 Å². The average molecular weight is 169 g/mol. The molecule has 0 radical (unpaired) electrons. The largest absolute Gasteiger partial charge is 0.478 e. The van der Waals surface area contributed by atoms with Crippen molar-refractivity contribution in [3.05, 3.63) is 0 Å². The van der Waals surface area contributed by atoms with Crippen LogP contribution in [0.25, 0.3) is 0 Å². The van der Waals surface area contributed by atoms with E-state index >= 15 is 0 Å². The van der Waals surface area contributed by atoms with Gasteiger partial charge in [0.15, 0.2) is 0 Å². The highest BCUT2D eigenvalue weighted by molar-refractivity contribution is 6.58. The molecule has 1 N–H and O–H groups in total. The first kappa shape index (κ1) is 10.8. The van der Waals surface area contributed by atoms with Gasteiger partial charge in [-0.15, -0.1) is 0 Å². The SMILES string of the molecule is OCCCCCC[B-](F)(F)F. The normalized spacial score (nSPS) is 12.0. The van der Waals surface area contributed by atoms with Crippen LogP contribution in [0, 0.1) is 0 Å². The van der Waals surface area contributed by atoms with E-state index in [1.807, 2.05) is 0 Å². The maximum atomic E-state index is 11.6. The van der Waals surface area contributed by atoms with E-state index in [1.54, 1.807) is 0 Å². The molecule has 1 nitrogen and oxygen atoms in total. The van der Waals surface area contributed by atoms with Gasteiger partial charge in [-0.3, -0.25) is 0 Å². The van der Waals surface area contributed by atoms with Gasteiger partial charge < -0.3 is 18.1 Å². The molecule has 0 amide bonds. The lowest BCUT2D eigenvalue weighted by Crippen LogP contribution is -2.13. The molecule has 0 heterocycles. The van der Waals surface area contributed by atoms with E-state index in [0.29, 0.717) is 19.3 Å². The van der Waals surface area contributed by atoms with Crippen LogP contribution in [-0.2, 0) is 0 Å². The Morgan fingerprint density at radius 3 is 1.91 bits per heavy atom. The molecule has 0 aromatic heterocycles. The van der Waals surface area contributed by atoms with Gasteiger partial charge in [0, 0.05) is 6.61 Å². The summed E-state index contributed by atoms with van der Waals surface area (Å²) in [5.41, 5.74) is 0. The smallest absolute Gasteiger partial charge is 0.449 e. The third kappa shape index (κ3) is 9.81. The van der Waals surface area contributed by atoms with Crippen molar-refractivity contribution < 1.29 is 18.1 Å². The van der Waals surface area contributed by atoms with Gasteiger partial charge in [0.1, 0.15) is 0 Å². The second kappa shape index (κ2) is 5.46. The molecule has 0 aromatic carbocycles. The molecule has 0 unspecified atom stereocenters. The molecule has 5 heteroatoms. The number of aliphatic hydroxyl groups excluding tert-OH is 1. The van der Waals surface area contributed by atoms with Crippen LogP contribution < -0.4 is 0 Å². The number of hydrogen-bond acceptors (Lipinski definition) is 1. The van der Waals surface area contributed by atoms with Crippen molar-refractivity contribution >= 4 is 6.98 Å². The van der Waals surface area contributed by atoms with Gasteiger partial charge in [-0.1, -0.05) is 25.6 Å². The molecule has 0 rings (SSSR count). The molecule has 11 heavy (non-hydrogen) atoms.